The minimum atomic E-state index is 0.249. The van der Waals surface area contributed by atoms with E-state index in [1.165, 1.54) is 24.0 Å². The Bertz CT molecular complexity index is 382. The van der Waals surface area contributed by atoms with Crippen LogP contribution in [0, 0.1) is 11.3 Å². The Labute approximate surface area is 98.6 Å². The molecule has 0 amide bonds. The summed E-state index contributed by atoms with van der Waals surface area (Å²) in [5.41, 5.74) is 3.90. The van der Waals surface area contributed by atoms with Gasteiger partial charge in [-0.3, -0.25) is 4.79 Å². The number of allylic oxidation sites excluding steroid dienone is 4. The number of carbonyl (C=O) groups excluding carboxylic acids is 1. The van der Waals surface area contributed by atoms with Crippen molar-refractivity contribution < 1.29 is 4.79 Å². The lowest BCUT2D eigenvalue weighted by Gasteiger charge is -2.45. The average Bonchev–Trinajstić information content (AvgIpc) is 2.20. The van der Waals surface area contributed by atoms with E-state index in [1.807, 2.05) is 6.08 Å². The van der Waals surface area contributed by atoms with Crippen molar-refractivity contribution in [1.82, 2.24) is 0 Å². The average molecular weight is 218 g/mol. The quantitative estimate of drug-likeness (QED) is 0.561. The SMILES string of the molecule is CC(C)=C1CC2(C)C(=CC1=O)CCCC2C. The zero-order valence-corrected chi connectivity index (χ0v) is 10.9. The number of rotatable bonds is 0. The van der Waals surface area contributed by atoms with Crippen LogP contribution >= 0.6 is 0 Å². The highest BCUT2D eigenvalue weighted by molar-refractivity contribution is 6.06. The maximum atomic E-state index is 12.0. The predicted molar refractivity (Wildman–Crippen MR) is 67.2 cm³/mol. The minimum absolute atomic E-state index is 0.249. The highest BCUT2D eigenvalue weighted by Crippen LogP contribution is 2.51. The molecule has 0 radical (unpaired) electrons. The van der Waals surface area contributed by atoms with Crippen LogP contribution in [0.2, 0.25) is 0 Å². The molecule has 16 heavy (non-hydrogen) atoms. The molecule has 1 nitrogen and oxygen atoms in total. The largest absolute Gasteiger partial charge is 0.290 e. The Balaban J connectivity index is 2.46. The molecular weight excluding hydrogens is 196 g/mol. The van der Waals surface area contributed by atoms with Gasteiger partial charge in [-0.15, -0.1) is 0 Å². The first-order chi connectivity index (χ1) is 7.45. The normalized spacial score (nSPS) is 34.5. The summed E-state index contributed by atoms with van der Waals surface area (Å²) in [6, 6.07) is 0. The van der Waals surface area contributed by atoms with Crippen molar-refractivity contribution in [2.75, 3.05) is 0 Å². The number of carbonyl (C=O) groups is 1. The molecule has 0 spiro atoms. The summed E-state index contributed by atoms with van der Waals surface area (Å²) in [4.78, 5) is 12.0. The lowest BCUT2D eigenvalue weighted by molar-refractivity contribution is -0.112. The van der Waals surface area contributed by atoms with Gasteiger partial charge in [0.2, 0.25) is 0 Å². The molecule has 2 rings (SSSR count). The summed E-state index contributed by atoms with van der Waals surface area (Å²) in [5, 5.41) is 0. The number of ketones is 1. The standard InChI is InChI=1S/C15H22O/c1-10(2)13-9-15(4)11(3)6-5-7-12(15)8-14(13)16/h8,11H,5-7,9H2,1-4H3. The molecule has 1 saturated carbocycles. The van der Waals surface area contributed by atoms with Crippen LogP contribution in [0.5, 0.6) is 0 Å². The van der Waals surface area contributed by atoms with Crippen LogP contribution in [0.3, 0.4) is 0 Å². The molecule has 0 bridgehead atoms. The van der Waals surface area contributed by atoms with Gasteiger partial charge in [-0.25, -0.2) is 0 Å². The van der Waals surface area contributed by atoms with E-state index >= 15 is 0 Å². The second-order valence-electron chi connectivity index (χ2n) is 5.90. The van der Waals surface area contributed by atoms with Gasteiger partial charge in [0.1, 0.15) is 0 Å². The summed E-state index contributed by atoms with van der Waals surface area (Å²) < 4.78 is 0. The summed E-state index contributed by atoms with van der Waals surface area (Å²) in [5.74, 6) is 0.969. The van der Waals surface area contributed by atoms with Gasteiger partial charge in [-0.1, -0.05) is 25.0 Å². The number of hydrogen-bond acceptors (Lipinski definition) is 1. The zero-order chi connectivity index (χ0) is 11.9. The van der Waals surface area contributed by atoms with E-state index in [2.05, 4.69) is 27.7 Å². The minimum Gasteiger partial charge on any atom is -0.290 e. The first kappa shape index (κ1) is 11.6. The van der Waals surface area contributed by atoms with Gasteiger partial charge in [0, 0.05) is 0 Å². The molecule has 1 fully saturated rings. The first-order valence-electron chi connectivity index (χ1n) is 6.37. The van der Waals surface area contributed by atoms with Crippen LogP contribution in [0.25, 0.3) is 0 Å². The second kappa shape index (κ2) is 3.87. The molecule has 2 atom stereocenters. The van der Waals surface area contributed by atoms with Crippen molar-refractivity contribution in [3.63, 3.8) is 0 Å². The lowest BCUT2D eigenvalue weighted by Crippen LogP contribution is -2.36. The maximum absolute atomic E-state index is 12.0. The maximum Gasteiger partial charge on any atom is 0.181 e. The van der Waals surface area contributed by atoms with Crippen LogP contribution in [-0.4, -0.2) is 5.78 Å². The van der Waals surface area contributed by atoms with Gasteiger partial charge in [0.15, 0.2) is 5.78 Å². The molecule has 1 heteroatoms. The Morgan fingerprint density at radius 1 is 1.44 bits per heavy atom. The van der Waals surface area contributed by atoms with Gasteiger partial charge >= 0.3 is 0 Å². The highest BCUT2D eigenvalue weighted by Gasteiger charge is 2.41. The van der Waals surface area contributed by atoms with E-state index < -0.39 is 0 Å². The van der Waals surface area contributed by atoms with Crippen LogP contribution in [0.15, 0.2) is 22.8 Å². The van der Waals surface area contributed by atoms with Crippen LogP contribution in [0.1, 0.15) is 53.4 Å². The molecule has 0 aromatic rings. The van der Waals surface area contributed by atoms with Crippen molar-refractivity contribution in [3.05, 3.63) is 22.8 Å². The van der Waals surface area contributed by atoms with Gasteiger partial charge in [-0.05, 0) is 62.5 Å². The van der Waals surface area contributed by atoms with E-state index in [0.717, 1.165) is 18.4 Å². The van der Waals surface area contributed by atoms with Crippen molar-refractivity contribution in [2.24, 2.45) is 11.3 Å². The van der Waals surface area contributed by atoms with E-state index in [-0.39, 0.29) is 11.2 Å². The van der Waals surface area contributed by atoms with Crippen molar-refractivity contribution in [2.45, 2.75) is 53.4 Å². The molecule has 0 aliphatic heterocycles. The van der Waals surface area contributed by atoms with Crippen molar-refractivity contribution in [3.8, 4) is 0 Å². The van der Waals surface area contributed by atoms with Crippen molar-refractivity contribution in [1.29, 1.82) is 0 Å². The molecule has 0 N–H and O–H groups in total. The molecule has 2 aliphatic carbocycles. The number of hydrogen-bond donors (Lipinski definition) is 0. The summed E-state index contributed by atoms with van der Waals surface area (Å²) in [6.45, 7) is 8.80. The third-order valence-electron chi connectivity index (χ3n) is 4.65. The summed E-state index contributed by atoms with van der Waals surface area (Å²) in [7, 11) is 0. The number of fused-ring (bicyclic) bond motifs is 1. The third-order valence-corrected chi connectivity index (χ3v) is 4.65. The molecule has 0 saturated heterocycles. The first-order valence-corrected chi connectivity index (χ1v) is 6.37. The fraction of sp³-hybridized carbons (Fsp3) is 0.667. The van der Waals surface area contributed by atoms with Crippen molar-refractivity contribution >= 4 is 5.78 Å². The van der Waals surface area contributed by atoms with Crippen LogP contribution in [-0.2, 0) is 4.79 Å². The van der Waals surface area contributed by atoms with Crippen LogP contribution in [0.4, 0.5) is 0 Å². The van der Waals surface area contributed by atoms with Gasteiger partial charge < -0.3 is 0 Å². The van der Waals surface area contributed by atoms with E-state index in [9.17, 15) is 4.79 Å². The Morgan fingerprint density at radius 2 is 2.12 bits per heavy atom. The van der Waals surface area contributed by atoms with E-state index in [4.69, 9.17) is 0 Å². The van der Waals surface area contributed by atoms with E-state index in [0.29, 0.717) is 5.92 Å². The highest BCUT2D eigenvalue weighted by atomic mass is 16.1. The Kier molecular flexibility index (Phi) is 2.81. The summed E-state index contributed by atoms with van der Waals surface area (Å²) in [6.07, 6.45) is 6.57. The topological polar surface area (TPSA) is 17.1 Å². The molecule has 0 aromatic carbocycles. The molecular formula is C15H22O. The zero-order valence-electron chi connectivity index (χ0n) is 10.9. The Hall–Kier alpha value is -0.850. The lowest BCUT2D eigenvalue weighted by atomic mass is 9.59. The van der Waals surface area contributed by atoms with Gasteiger partial charge in [-0.2, -0.15) is 0 Å². The van der Waals surface area contributed by atoms with Gasteiger partial charge in [0.25, 0.3) is 0 Å². The fourth-order valence-corrected chi connectivity index (χ4v) is 3.17. The third kappa shape index (κ3) is 1.66. The smallest absolute Gasteiger partial charge is 0.181 e. The predicted octanol–water partition coefficient (Wildman–Crippen LogP) is 4.05. The fourth-order valence-electron chi connectivity index (χ4n) is 3.17. The molecule has 2 unspecified atom stereocenters. The molecule has 2 aliphatic rings. The molecule has 88 valence electrons. The van der Waals surface area contributed by atoms with Crippen LogP contribution < -0.4 is 0 Å². The van der Waals surface area contributed by atoms with E-state index in [1.54, 1.807) is 0 Å². The molecule has 0 aromatic heterocycles. The van der Waals surface area contributed by atoms with Gasteiger partial charge in [0.05, 0.1) is 0 Å². The molecule has 0 heterocycles. The Morgan fingerprint density at radius 3 is 2.75 bits per heavy atom. The monoisotopic (exact) mass is 218 g/mol. The summed E-state index contributed by atoms with van der Waals surface area (Å²) >= 11 is 0. The second-order valence-corrected chi connectivity index (χ2v) is 5.90.